The van der Waals surface area contributed by atoms with Gasteiger partial charge in [0.1, 0.15) is 5.75 Å². The van der Waals surface area contributed by atoms with Gasteiger partial charge in [-0.05, 0) is 43.4 Å². The van der Waals surface area contributed by atoms with Crippen LogP contribution in [0.1, 0.15) is 50.1 Å². The van der Waals surface area contributed by atoms with Crippen LogP contribution in [0.2, 0.25) is 0 Å². The standard InChI is InChI=1S/C16H22F2N2O/c17-16(18)21-14-10-6-9-13(11-14)15(20-19)12-7-4-2-1-3-5-8-12/h6-7,9-11,15-16,20H,1-5,8,19H2/b12-7+. The maximum absolute atomic E-state index is 12.3. The summed E-state index contributed by atoms with van der Waals surface area (Å²) < 4.78 is 29.1. The van der Waals surface area contributed by atoms with Gasteiger partial charge in [-0.3, -0.25) is 5.84 Å². The Labute approximate surface area is 124 Å². The number of ether oxygens (including phenoxy) is 1. The van der Waals surface area contributed by atoms with Gasteiger partial charge in [0, 0.05) is 0 Å². The van der Waals surface area contributed by atoms with Crippen molar-refractivity contribution in [2.24, 2.45) is 5.84 Å². The van der Waals surface area contributed by atoms with Gasteiger partial charge in [-0.25, -0.2) is 5.43 Å². The molecular formula is C16H22F2N2O. The molecule has 5 heteroatoms. The molecule has 1 aliphatic rings. The molecule has 3 nitrogen and oxygen atoms in total. The fourth-order valence-corrected chi connectivity index (χ4v) is 2.77. The van der Waals surface area contributed by atoms with Crippen LogP contribution in [-0.2, 0) is 0 Å². The van der Waals surface area contributed by atoms with Crippen molar-refractivity contribution in [3.05, 3.63) is 41.5 Å². The maximum Gasteiger partial charge on any atom is 0.387 e. The second kappa shape index (κ2) is 8.10. The van der Waals surface area contributed by atoms with Crippen LogP contribution in [0.5, 0.6) is 5.75 Å². The summed E-state index contributed by atoms with van der Waals surface area (Å²) in [6.07, 6.45) is 9.07. The highest BCUT2D eigenvalue weighted by atomic mass is 19.3. The van der Waals surface area contributed by atoms with E-state index in [0.29, 0.717) is 0 Å². The third kappa shape index (κ3) is 4.79. The second-order valence-corrected chi connectivity index (χ2v) is 5.28. The molecule has 0 saturated heterocycles. The molecule has 1 aromatic rings. The van der Waals surface area contributed by atoms with E-state index in [4.69, 9.17) is 5.84 Å². The fraction of sp³-hybridized carbons (Fsp3) is 0.500. The van der Waals surface area contributed by atoms with Gasteiger partial charge in [0.2, 0.25) is 0 Å². The topological polar surface area (TPSA) is 47.3 Å². The Morgan fingerprint density at radius 1 is 1.14 bits per heavy atom. The lowest BCUT2D eigenvalue weighted by Crippen LogP contribution is -2.29. The molecular weight excluding hydrogens is 274 g/mol. The first-order chi connectivity index (χ1) is 10.2. The SMILES string of the molecule is NNC(/C1=C/CCCCCC1)c1cccc(OC(F)F)c1. The van der Waals surface area contributed by atoms with Crippen LogP contribution in [0.4, 0.5) is 8.78 Å². The normalized spacial score (nSPS) is 20.3. The molecule has 0 spiro atoms. The van der Waals surface area contributed by atoms with Crippen LogP contribution in [0.15, 0.2) is 35.9 Å². The summed E-state index contributed by atoms with van der Waals surface area (Å²) in [5.74, 6) is 5.86. The van der Waals surface area contributed by atoms with Crippen LogP contribution in [0.25, 0.3) is 0 Å². The molecule has 2 rings (SSSR count). The van der Waals surface area contributed by atoms with Crippen molar-refractivity contribution in [2.75, 3.05) is 0 Å². The summed E-state index contributed by atoms with van der Waals surface area (Å²) in [6, 6.07) is 6.58. The molecule has 116 valence electrons. The van der Waals surface area contributed by atoms with Gasteiger partial charge < -0.3 is 4.74 Å². The second-order valence-electron chi connectivity index (χ2n) is 5.28. The Bertz CT molecular complexity index is 477. The van der Waals surface area contributed by atoms with Crippen molar-refractivity contribution in [2.45, 2.75) is 51.2 Å². The van der Waals surface area contributed by atoms with Crippen molar-refractivity contribution in [3.63, 3.8) is 0 Å². The Balaban J connectivity index is 2.19. The van der Waals surface area contributed by atoms with Crippen LogP contribution in [0, 0.1) is 0 Å². The number of hydrogen-bond donors (Lipinski definition) is 2. The van der Waals surface area contributed by atoms with E-state index in [1.807, 2.05) is 6.07 Å². The van der Waals surface area contributed by atoms with E-state index in [-0.39, 0.29) is 11.8 Å². The van der Waals surface area contributed by atoms with Crippen molar-refractivity contribution in [1.82, 2.24) is 5.43 Å². The molecule has 0 heterocycles. The van der Waals surface area contributed by atoms with Crippen LogP contribution < -0.4 is 16.0 Å². The first kappa shape index (κ1) is 15.9. The van der Waals surface area contributed by atoms with Gasteiger partial charge in [0.05, 0.1) is 6.04 Å². The third-order valence-corrected chi connectivity index (χ3v) is 3.78. The molecule has 1 aromatic carbocycles. The average molecular weight is 296 g/mol. The summed E-state index contributed by atoms with van der Waals surface area (Å²) in [5.41, 5.74) is 4.88. The molecule has 0 bridgehead atoms. The minimum atomic E-state index is -2.81. The lowest BCUT2D eigenvalue weighted by molar-refractivity contribution is -0.0498. The van der Waals surface area contributed by atoms with Gasteiger partial charge in [0.25, 0.3) is 0 Å². The number of rotatable bonds is 5. The summed E-state index contributed by atoms with van der Waals surface area (Å²) in [7, 11) is 0. The Kier molecular flexibility index (Phi) is 6.14. The molecule has 0 saturated carbocycles. The number of allylic oxidation sites excluding steroid dienone is 1. The Morgan fingerprint density at radius 2 is 1.95 bits per heavy atom. The molecule has 0 aliphatic heterocycles. The van der Waals surface area contributed by atoms with Gasteiger partial charge >= 0.3 is 6.61 Å². The van der Waals surface area contributed by atoms with Crippen molar-refractivity contribution < 1.29 is 13.5 Å². The number of hydrogen-bond acceptors (Lipinski definition) is 3. The third-order valence-electron chi connectivity index (χ3n) is 3.78. The lowest BCUT2D eigenvalue weighted by Gasteiger charge is -2.22. The molecule has 1 aliphatic carbocycles. The van der Waals surface area contributed by atoms with E-state index >= 15 is 0 Å². The van der Waals surface area contributed by atoms with E-state index in [0.717, 1.165) is 24.8 Å². The Morgan fingerprint density at radius 3 is 2.71 bits per heavy atom. The smallest absolute Gasteiger partial charge is 0.387 e. The zero-order valence-electron chi connectivity index (χ0n) is 12.0. The summed E-state index contributed by atoms with van der Waals surface area (Å²) in [5, 5.41) is 0. The zero-order valence-corrected chi connectivity index (χ0v) is 12.0. The van der Waals surface area contributed by atoms with E-state index < -0.39 is 6.61 Å². The molecule has 3 N–H and O–H groups in total. The fourth-order valence-electron chi connectivity index (χ4n) is 2.77. The number of alkyl halides is 2. The first-order valence-corrected chi connectivity index (χ1v) is 7.40. The lowest BCUT2D eigenvalue weighted by atomic mass is 9.91. The van der Waals surface area contributed by atoms with Gasteiger partial charge in [-0.2, -0.15) is 8.78 Å². The van der Waals surface area contributed by atoms with Crippen molar-refractivity contribution in [1.29, 1.82) is 0 Å². The molecule has 21 heavy (non-hydrogen) atoms. The number of benzene rings is 1. The molecule has 1 unspecified atom stereocenters. The minimum absolute atomic E-state index is 0.149. The van der Waals surface area contributed by atoms with Crippen LogP contribution in [-0.4, -0.2) is 6.61 Å². The molecule has 0 aromatic heterocycles. The minimum Gasteiger partial charge on any atom is -0.435 e. The molecule has 0 amide bonds. The van der Waals surface area contributed by atoms with E-state index in [9.17, 15) is 8.78 Å². The summed E-state index contributed by atoms with van der Waals surface area (Å²) in [4.78, 5) is 0. The van der Waals surface area contributed by atoms with E-state index in [2.05, 4.69) is 16.2 Å². The highest BCUT2D eigenvalue weighted by Crippen LogP contribution is 2.30. The largest absolute Gasteiger partial charge is 0.435 e. The van der Waals surface area contributed by atoms with Crippen molar-refractivity contribution in [3.8, 4) is 5.75 Å². The highest BCUT2D eigenvalue weighted by molar-refractivity contribution is 5.35. The van der Waals surface area contributed by atoms with Crippen molar-refractivity contribution >= 4 is 0 Å². The first-order valence-electron chi connectivity index (χ1n) is 7.40. The van der Waals surface area contributed by atoms with E-state index in [1.54, 1.807) is 12.1 Å². The quantitative estimate of drug-likeness (QED) is 0.489. The molecule has 1 atom stereocenters. The maximum atomic E-state index is 12.3. The number of nitrogens with one attached hydrogen (secondary N) is 1. The number of halogens is 2. The molecule has 0 radical (unpaired) electrons. The number of hydrazine groups is 1. The molecule has 0 fully saturated rings. The predicted octanol–water partition coefficient (Wildman–Crippen LogP) is 4.07. The van der Waals surface area contributed by atoms with Crippen LogP contribution in [0.3, 0.4) is 0 Å². The van der Waals surface area contributed by atoms with Gasteiger partial charge in [-0.15, -0.1) is 0 Å². The van der Waals surface area contributed by atoms with Gasteiger partial charge in [0.15, 0.2) is 0 Å². The van der Waals surface area contributed by atoms with E-state index in [1.165, 1.54) is 30.9 Å². The summed E-state index contributed by atoms with van der Waals surface area (Å²) >= 11 is 0. The average Bonchev–Trinajstić information content (AvgIpc) is 2.41. The highest BCUT2D eigenvalue weighted by Gasteiger charge is 2.17. The van der Waals surface area contributed by atoms with Crippen LogP contribution >= 0.6 is 0 Å². The number of nitrogens with two attached hydrogens (primary N) is 1. The van der Waals surface area contributed by atoms with Gasteiger partial charge in [-0.1, -0.05) is 36.6 Å². The summed E-state index contributed by atoms with van der Waals surface area (Å²) in [6.45, 7) is -2.81. The monoisotopic (exact) mass is 296 g/mol. The zero-order chi connectivity index (χ0) is 15.1. The predicted molar refractivity (Wildman–Crippen MR) is 78.9 cm³/mol. The Hall–Kier alpha value is -1.46.